The number of sulfonamides is 1. The summed E-state index contributed by atoms with van der Waals surface area (Å²) in [7, 11) is -3.48. The van der Waals surface area contributed by atoms with E-state index in [0.717, 1.165) is 11.1 Å². The molecule has 1 atom stereocenters. The lowest BCUT2D eigenvalue weighted by molar-refractivity contribution is 0.251. The molecule has 5 nitrogen and oxygen atoms in total. The van der Waals surface area contributed by atoms with Crippen molar-refractivity contribution < 1.29 is 13.5 Å². The Bertz CT molecular complexity index is 690. The third-order valence-corrected chi connectivity index (χ3v) is 5.67. The molecule has 0 saturated heterocycles. The van der Waals surface area contributed by atoms with Gasteiger partial charge >= 0.3 is 0 Å². The standard InChI is InChI=1S/C17H22N2O3S/c1-15(17-7-3-2-4-8-17)14-23(21,22)19(10-11-20)13-16-6-5-9-18-12-16/h2-9,12,15,20H,10-11,13-14H2,1H3. The topological polar surface area (TPSA) is 70.5 Å². The Hall–Kier alpha value is -1.76. The minimum Gasteiger partial charge on any atom is -0.395 e. The molecule has 2 rings (SSSR count). The number of pyridine rings is 1. The summed E-state index contributed by atoms with van der Waals surface area (Å²) in [6.07, 6.45) is 3.28. The van der Waals surface area contributed by atoms with Gasteiger partial charge in [0, 0.05) is 25.5 Å². The zero-order valence-corrected chi connectivity index (χ0v) is 14.0. The molecule has 1 aromatic heterocycles. The fraction of sp³-hybridized carbons (Fsp3) is 0.353. The molecule has 0 saturated carbocycles. The van der Waals surface area contributed by atoms with Crippen LogP contribution in [0.5, 0.6) is 0 Å². The van der Waals surface area contributed by atoms with E-state index in [4.69, 9.17) is 0 Å². The van der Waals surface area contributed by atoms with Gasteiger partial charge in [0.1, 0.15) is 0 Å². The molecule has 0 fully saturated rings. The van der Waals surface area contributed by atoms with E-state index in [9.17, 15) is 13.5 Å². The number of benzene rings is 1. The smallest absolute Gasteiger partial charge is 0.215 e. The van der Waals surface area contributed by atoms with Gasteiger partial charge in [-0.25, -0.2) is 8.42 Å². The number of rotatable bonds is 8. The Morgan fingerprint density at radius 1 is 1.17 bits per heavy atom. The first kappa shape index (κ1) is 17.6. The highest BCUT2D eigenvalue weighted by Crippen LogP contribution is 2.19. The van der Waals surface area contributed by atoms with Crippen molar-refractivity contribution in [2.24, 2.45) is 0 Å². The van der Waals surface area contributed by atoms with Gasteiger partial charge in [0.15, 0.2) is 0 Å². The third kappa shape index (κ3) is 5.13. The van der Waals surface area contributed by atoms with Crippen LogP contribution in [0.1, 0.15) is 24.0 Å². The molecular formula is C17H22N2O3S. The van der Waals surface area contributed by atoms with Crippen molar-refractivity contribution >= 4 is 10.0 Å². The van der Waals surface area contributed by atoms with E-state index < -0.39 is 10.0 Å². The predicted octanol–water partition coefficient (Wildman–Crippen LogP) is 2.01. The zero-order valence-electron chi connectivity index (χ0n) is 13.2. The summed E-state index contributed by atoms with van der Waals surface area (Å²) < 4.78 is 26.7. The van der Waals surface area contributed by atoms with Crippen molar-refractivity contribution in [2.45, 2.75) is 19.4 Å². The van der Waals surface area contributed by atoms with Gasteiger partial charge in [0.05, 0.1) is 12.4 Å². The van der Waals surface area contributed by atoms with E-state index in [2.05, 4.69) is 4.98 Å². The number of aliphatic hydroxyl groups is 1. The monoisotopic (exact) mass is 334 g/mol. The van der Waals surface area contributed by atoms with Gasteiger partial charge in [0.25, 0.3) is 0 Å². The molecule has 0 aliphatic heterocycles. The molecule has 0 bridgehead atoms. The van der Waals surface area contributed by atoms with Crippen LogP contribution in [0, 0.1) is 0 Å². The maximum atomic E-state index is 12.7. The van der Waals surface area contributed by atoms with Crippen LogP contribution in [0.25, 0.3) is 0 Å². The highest BCUT2D eigenvalue weighted by atomic mass is 32.2. The first-order valence-electron chi connectivity index (χ1n) is 7.55. The molecule has 0 amide bonds. The van der Waals surface area contributed by atoms with Gasteiger partial charge in [-0.15, -0.1) is 0 Å². The Balaban J connectivity index is 2.13. The Labute approximate surface area is 137 Å². The maximum Gasteiger partial charge on any atom is 0.215 e. The van der Waals surface area contributed by atoms with Gasteiger partial charge in [-0.1, -0.05) is 43.3 Å². The van der Waals surface area contributed by atoms with Crippen LogP contribution in [-0.4, -0.2) is 41.7 Å². The second-order valence-electron chi connectivity index (χ2n) is 5.51. The molecule has 124 valence electrons. The lowest BCUT2D eigenvalue weighted by Crippen LogP contribution is -2.36. The van der Waals surface area contributed by atoms with Gasteiger partial charge < -0.3 is 5.11 Å². The number of aromatic nitrogens is 1. The Morgan fingerprint density at radius 3 is 2.52 bits per heavy atom. The second kappa shape index (κ2) is 8.19. The van der Waals surface area contributed by atoms with Gasteiger partial charge in [0.2, 0.25) is 10.0 Å². The summed E-state index contributed by atoms with van der Waals surface area (Å²) in [6.45, 7) is 1.99. The van der Waals surface area contributed by atoms with E-state index >= 15 is 0 Å². The van der Waals surface area contributed by atoms with Gasteiger partial charge in [-0.05, 0) is 23.1 Å². The van der Waals surface area contributed by atoms with E-state index in [1.165, 1.54) is 4.31 Å². The number of nitrogens with zero attached hydrogens (tertiary/aromatic N) is 2. The first-order chi connectivity index (χ1) is 11.0. The van der Waals surface area contributed by atoms with E-state index in [0.29, 0.717) is 0 Å². The van der Waals surface area contributed by atoms with Crippen LogP contribution in [0.2, 0.25) is 0 Å². The summed E-state index contributed by atoms with van der Waals surface area (Å²) in [6, 6.07) is 13.2. The molecule has 0 aliphatic rings. The molecule has 6 heteroatoms. The minimum absolute atomic E-state index is 0.0112. The highest BCUT2D eigenvalue weighted by molar-refractivity contribution is 7.89. The largest absolute Gasteiger partial charge is 0.395 e. The van der Waals surface area contributed by atoms with Crippen molar-refractivity contribution in [3.63, 3.8) is 0 Å². The summed E-state index contributed by atoms with van der Waals surface area (Å²) in [4.78, 5) is 4.00. The van der Waals surface area contributed by atoms with E-state index in [1.807, 2.05) is 43.3 Å². The van der Waals surface area contributed by atoms with Crippen molar-refractivity contribution in [1.82, 2.24) is 9.29 Å². The highest BCUT2D eigenvalue weighted by Gasteiger charge is 2.25. The molecular weight excluding hydrogens is 312 g/mol. The normalized spacial score (nSPS) is 13.2. The summed E-state index contributed by atoms with van der Waals surface area (Å²) in [5.74, 6) is -0.103. The van der Waals surface area contributed by atoms with E-state index in [1.54, 1.807) is 18.5 Å². The molecule has 1 unspecified atom stereocenters. The van der Waals surface area contributed by atoms with Gasteiger partial charge in [-0.3, -0.25) is 4.98 Å². The lowest BCUT2D eigenvalue weighted by atomic mass is 10.0. The molecule has 0 aliphatic carbocycles. The van der Waals surface area contributed by atoms with Crippen molar-refractivity contribution in [2.75, 3.05) is 18.9 Å². The third-order valence-electron chi connectivity index (χ3n) is 3.65. The van der Waals surface area contributed by atoms with Crippen LogP contribution >= 0.6 is 0 Å². The maximum absolute atomic E-state index is 12.7. The zero-order chi connectivity index (χ0) is 16.7. The Morgan fingerprint density at radius 2 is 1.91 bits per heavy atom. The van der Waals surface area contributed by atoms with Crippen LogP contribution in [0.4, 0.5) is 0 Å². The van der Waals surface area contributed by atoms with E-state index in [-0.39, 0.29) is 31.4 Å². The average molecular weight is 334 g/mol. The average Bonchev–Trinajstić information content (AvgIpc) is 2.56. The van der Waals surface area contributed by atoms with Crippen LogP contribution < -0.4 is 0 Å². The summed E-state index contributed by atoms with van der Waals surface area (Å²) >= 11 is 0. The molecule has 1 N–H and O–H groups in total. The lowest BCUT2D eigenvalue weighted by Gasteiger charge is -2.23. The summed E-state index contributed by atoms with van der Waals surface area (Å²) in [5, 5.41) is 9.21. The molecule has 23 heavy (non-hydrogen) atoms. The number of aliphatic hydroxyl groups excluding tert-OH is 1. The fourth-order valence-electron chi connectivity index (χ4n) is 2.42. The Kier molecular flexibility index (Phi) is 6.27. The number of hydrogen-bond donors (Lipinski definition) is 1. The summed E-state index contributed by atoms with van der Waals surface area (Å²) in [5.41, 5.74) is 1.79. The predicted molar refractivity (Wildman–Crippen MR) is 90.4 cm³/mol. The number of hydrogen-bond acceptors (Lipinski definition) is 4. The SMILES string of the molecule is CC(CS(=O)(=O)N(CCO)Cc1cccnc1)c1ccccc1. The second-order valence-corrected chi connectivity index (χ2v) is 7.52. The van der Waals surface area contributed by atoms with Crippen molar-refractivity contribution in [3.05, 3.63) is 66.0 Å². The van der Waals surface area contributed by atoms with Gasteiger partial charge in [-0.2, -0.15) is 4.31 Å². The van der Waals surface area contributed by atoms with Crippen LogP contribution in [0.15, 0.2) is 54.9 Å². The van der Waals surface area contributed by atoms with Crippen LogP contribution in [-0.2, 0) is 16.6 Å². The molecule has 2 aromatic rings. The van der Waals surface area contributed by atoms with Crippen molar-refractivity contribution in [1.29, 1.82) is 0 Å². The quantitative estimate of drug-likeness (QED) is 0.802. The van der Waals surface area contributed by atoms with Crippen LogP contribution in [0.3, 0.4) is 0 Å². The minimum atomic E-state index is -3.48. The molecule has 0 spiro atoms. The molecule has 1 aromatic carbocycles. The first-order valence-corrected chi connectivity index (χ1v) is 9.16. The van der Waals surface area contributed by atoms with Crippen molar-refractivity contribution in [3.8, 4) is 0 Å². The fourth-order valence-corrected chi connectivity index (χ4v) is 4.16. The molecule has 1 heterocycles. The molecule has 0 radical (unpaired) electrons.